The molecule has 174 valence electrons. The molecule has 0 bridgehead atoms. The summed E-state index contributed by atoms with van der Waals surface area (Å²) in [7, 11) is 9.67. The molecule has 0 saturated heterocycles. The number of nitrogens with zero attached hydrogens (tertiary/aromatic N) is 2. The maximum Gasteiger partial charge on any atom is 0.330 e. The van der Waals surface area contributed by atoms with Gasteiger partial charge >= 0.3 is 11.9 Å². The number of unbranched alkanes of at least 4 members (excludes halogenated alkanes) is 1. The van der Waals surface area contributed by atoms with E-state index in [0.29, 0.717) is 17.9 Å². The maximum absolute atomic E-state index is 12.8. The fourth-order valence-electron chi connectivity index (χ4n) is 5.36. The highest BCUT2D eigenvalue weighted by atomic mass is 16.6. The van der Waals surface area contributed by atoms with Crippen LogP contribution in [0.1, 0.15) is 64.7 Å². The second-order valence-electron chi connectivity index (χ2n) is 10.1. The van der Waals surface area contributed by atoms with Crippen molar-refractivity contribution in [1.82, 2.24) is 9.80 Å². The van der Waals surface area contributed by atoms with E-state index in [9.17, 15) is 9.59 Å². The summed E-state index contributed by atoms with van der Waals surface area (Å²) in [5, 5.41) is 0. The van der Waals surface area contributed by atoms with Gasteiger partial charge in [-0.15, -0.1) is 0 Å². The third-order valence-corrected chi connectivity index (χ3v) is 7.45. The van der Waals surface area contributed by atoms with E-state index >= 15 is 0 Å². The number of ether oxygens (including phenoxy) is 2. The zero-order chi connectivity index (χ0) is 22.3. The van der Waals surface area contributed by atoms with Crippen LogP contribution in [-0.4, -0.2) is 75.7 Å². The van der Waals surface area contributed by atoms with Gasteiger partial charge in [0.2, 0.25) is 0 Å². The molecular weight excluding hydrogens is 380 g/mol. The van der Waals surface area contributed by atoms with Gasteiger partial charge in [0.15, 0.2) is 0 Å². The first kappa shape index (κ1) is 25.3. The molecule has 0 N–H and O–H groups in total. The second-order valence-corrected chi connectivity index (χ2v) is 10.1. The summed E-state index contributed by atoms with van der Waals surface area (Å²) in [6.07, 6.45) is 9.85. The molecule has 2 rings (SSSR count). The Labute approximate surface area is 183 Å². The minimum Gasteiger partial charge on any atom is -0.392 e. The van der Waals surface area contributed by atoms with Crippen molar-refractivity contribution in [3.63, 3.8) is 0 Å². The van der Waals surface area contributed by atoms with E-state index in [1.165, 1.54) is 6.42 Å². The fourth-order valence-corrected chi connectivity index (χ4v) is 5.36. The molecule has 5 unspecified atom stereocenters. The van der Waals surface area contributed by atoms with E-state index in [0.717, 1.165) is 63.8 Å². The van der Waals surface area contributed by atoms with Crippen LogP contribution in [0.3, 0.4) is 0 Å². The zero-order valence-electron chi connectivity index (χ0n) is 20.1. The number of esters is 2. The van der Waals surface area contributed by atoms with Crippen LogP contribution < -0.4 is 0 Å². The summed E-state index contributed by atoms with van der Waals surface area (Å²) in [5.74, 6) is 0.790. The Morgan fingerprint density at radius 3 is 2.23 bits per heavy atom. The Hall–Kier alpha value is -0.980. The monoisotopic (exact) mass is 424 g/mol. The summed E-state index contributed by atoms with van der Waals surface area (Å²) >= 11 is 0. The van der Waals surface area contributed by atoms with Gasteiger partial charge in [0.1, 0.15) is 6.04 Å². The number of fused-ring (bicyclic) bond motifs is 1. The van der Waals surface area contributed by atoms with Crippen LogP contribution in [0.4, 0.5) is 0 Å². The van der Waals surface area contributed by atoms with Crippen molar-refractivity contribution < 1.29 is 19.1 Å². The van der Waals surface area contributed by atoms with E-state index < -0.39 is 5.97 Å². The van der Waals surface area contributed by atoms with E-state index in [-0.39, 0.29) is 17.9 Å². The van der Waals surface area contributed by atoms with Crippen LogP contribution >= 0.6 is 0 Å². The van der Waals surface area contributed by atoms with Crippen LogP contribution in [-0.2, 0) is 19.1 Å². The first-order valence-electron chi connectivity index (χ1n) is 11.8. The molecule has 6 heteroatoms. The van der Waals surface area contributed by atoms with Gasteiger partial charge in [0, 0.05) is 7.11 Å². The molecule has 0 radical (unpaired) electrons. The normalized spacial score (nSPS) is 28.8. The third-order valence-electron chi connectivity index (χ3n) is 7.45. The summed E-state index contributed by atoms with van der Waals surface area (Å²) in [6, 6.07) is -0.358. The number of carbonyl (C=O) groups is 2. The molecule has 0 aliphatic heterocycles. The van der Waals surface area contributed by atoms with Crippen molar-refractivity contribution in [3.8, 4) is 0 Å². The van der Waals surface area contributed by atoms with E-state index in [1.54, 1.807) is 0 Å². The van der Waals surface area contributed by atoms with Crippen LogP contribution in [0.25, 0.3) is 0 Å². The van der Waals surface area contributed by atoms with Gasteiger partial charge in [-0.1, -0.05) is 13.3 Å². The number of rotatable bonds is 10. The smallest absolute Gasteiger partial charge is 0.330 e. The summed E-state index contributed by atoms with van der Waals surface area (Å²) in [5.41, 5.74) is 0. The Morgan fingerprint density at radius 1 is 0.933 bits per heavy atom. The molecule has 0 spiro atoms. The molecule has 30 heavy (non-hydrogen) atoms. The molecule has 0 heterocycles. The lowest BCUT2D eigenvalue weighted by Crippen LogP contribution is -2.41. The predicted molar refractivity (Wildman–Crippen MR) is 119 cm³/mol. The van der Waals surface area contributed by atoms with Crippen molar-refractivity contribution in [3.05, 3.63) is 0 Å². The Bertz CT molecular complexity index is 551. The molecule has 6 nitrogen and oxygen atoms in total. The van der Waals surface area contributed by atoms with Gasteiger partial charge in [0.05, 0.1) is 12.0 Å². The molecule has 0 amide bonds. The average molecular weight is 425 g/mol. The lowest BCUT2D eigenvalue weighted by atomic mass is 9.64. The molecular formula is C24H44N2O4. The third kappa shape index (κ3) is 7.31. The van der Waals surface area contributed by atoms with Crippen molar-refractivity contribution in [2.45, 2.75) is 76.9 Å². The minimum atomic E-state index is -0.393. The minimum absolute atomic E-state index is 0.216. The quantitative estimate of drug-likeness (QED) is 0.303. The highest BCUT2D eigenvalue weighted by molar-refractivity contribution is 5.89. The number of carbonyl (C=O) groups excluding carboxylic acids is 2. The molecule has 2 aliphatic rings. The molecule has 2 fully saturated rings. The fraction of sp³-hybridized carbons (Fsp3) is 0.917. The lowest BCUT2D eigenvalue weighted by Gasteiger charge is -2.42. The first-order chi connectivity index (χ1) is 14.2. The number of likely N-dealkylation sites (N-methyl/N-ethyl adjacent to an activating group) is 1. The SMILES string of the molecule is COC1CCC2CC([C@H](C)C(=O)OC(=O)C(CCCCN(C)C)N(C)C)CCC2C1. The van der Waals surface area contributed by atoms with E-state index in [2.05, 4.69) is 19.0 Å². The summed E-state index contributed by atoms with van der Waals surface area (Å²) < 4.78 is 11.0. The van der Waals surface area contributed by atoms with E-state index in [1.807, 2.05) is 33.0 Å². The number of hydrogen-bond donors (Lipinski definition) is 0. The van der Waals surface area contributed by atoms with Crippen LogP contribution in [0.5, 0.6) is 0 Å². The molecule has 6 atom stereocenters. The topological polar surface area (TPSA) is 59.1 Å². The molecule has 2 aliphatic carbocycles. The van der Waals surface area contributed by atoms with Crippen molar-refractivity contribution in [2.24, 2.45) is 23.7 Å². The second kappa shape index (κ2) is 12.2. The standard InChI is InChI=1S/C24H44N2O4/c1-17(18-10-11-20-16-21(29-6)13-12-19(20)15-18)23(27)30-24(28)22(26(4)5)9-7-8-14-25(2)3/h17-22H,7-16H2,1-6H3/t17-,18?,19?,20?,21?,22?/m0/s1. The van der Waals surface area contributed by atoms with Crippen LogP contribution in [0, 0.1) is 23.7 Å². The number of methoxy groups -OCH3 is 1. The summed E-state index contributed by atoms with van der Waals surface area (Å²) in [4.78, 5) is 29.5. The van der Waals surface area contributed by atoms with Crippen LogP contribution in [0.2, 0.25) is 0 Å². The maximum atomic E-state index is 12.8. The Balaban J connectivity index is 1.82. The number of hydrogen-bond acceptors (Lipinski definition) is 6. The zero-order valence-corrected chi connectivity index (χ0v) is 20.1. The predicted octanol–water partition coefficient (Wildman–Crippen LogP) is 3.59. The molecule has 0 aromatic carbocycles. The first-order valence-corrected chi connectivity index (χ1v) is 11.8. The van der Waals surface area contributed by atoms with Crippen LogP contribution in [0.15, 0.2) is 0 Å². The van der Waals surface area contributed by atoms with Gasteiger partial charge in [-0.2, -0.15) is 0 Å². The highest BCUT2D eigenvalue weighted by Crippen LogP contribution is 2.45. The Morgan fingerprint density at radius 2 is 1.60 bits per heavy atom. The average Bonchev–Trinajstić information content (AvgIpc) is 2.71. The van der Waals surface area contributed by atoms with Crippen molar-refractivity contribution >= 4 is 11.9 Å². The van der Waals surface area contributed by atoms with Gasteiger partial charge in [-0.25, -0.2) is 4.79 Å². The van der Waals surface area contributed by atoms with Gasteiger partial charge in [0.25, 0.3) is 0 Å². The molecule has 2 saturated carbocycles. The van der Waals surface area contributed by atoms with Crippen molar-refractivity contribution in [2.75, 3.05) is 41.8 Å². The van der Waals surface area contributed by atoms with Gasteiger partial charge in [-0.05, 0) is 104 Å². The van der Waals surface area contributed by atoms with Gasteiger partial charge in [-0.3, -0.25) is 9.69 Å². The molecule has 0 aromatic heterocycles. The lowest BCUT2D eigenvalue weighted by molar-refractivity contribution is -0.167. The van der Waals surface area contributed by atoms with Crippen molar-refractivity contribution in [1.29, 1.82) is 0 Å². The van der Waals surface area contributed by atoms with Gasteiger partial charge < -0.3 is 14.4 Å². The molecule has 0 aromatic rings. The highest BCUT2D eigenvalue weighted by Gasteiger charge is 2.39. The van der Waals surface area contributed by atoms with E-state index in [4.69, 9.17) is 9.47 Å². The largest absolute Gasteiger partial charge is 0.392 e. The Kier molecular flexibility index (Phi) is 10.2. The summed E-state index contributed by atoms with van der Waals surface area (Å²) in [6.45, 7) is 2.95.